The number of ether oxygens (including phenoxy) is 1. The molecule has 6 fully saturated rings. The van der Waals surface area contributed by atoms with E-state index in [0.29, 0.717) is 54.3 Å². The van der Waals surface area contributed by atoms with Crippen LogP contribution in [0.15, 0.2) is 0 Å². The summed E-state index contributed by atoms with van der Waals surface area (Å²) in [5.41, 5.74) is -0.483. The Balaban J connectivity index is 1.09. The predicted molar refractivity (Wildman–Crippen MR) is 135 cm³/mol. The Labute approximate surface area is 220 Å². The zero-order valence-electron chi connectivity index (χ0n) is 22.3. The molecule has 212 valence electrons. The Hall–Kier alpha value is -0.370. The van der Waals surface area contributed by atoms with Crippen LogP contribution in [0.25, 0.3) is 0 Å². The monoisotopic (exact) mass is 527 g/mol. The third kappa shape index (κ3) is 5.63. The molecule has 0 spiro atoms. The number of alkyl halides is 3. The molecular formula is C30H48F3NO3. The van der Waals surface area contributed by atoms with Crippen LogP contribution in [-0.2, 0) is 4.74 Å². The predicted octanol–water partition coefficient (Wildman–Crippen LogP) is 6.05. The Bertz CT molecular complexity index is 771. The van der Waals surface area contributed by atoms with Crippen molar-refractivity contribution in [1.29, 1.82) is 0 Å². The molecule has 7 atom stereocenters. The lowest BCUT2D eigenvalue weighted by Gasteiger charge is -2.52. The molecule has 4 aliphatic carbocycles. The van der Waals surface area contributed by atoms with Gasteiger partial charge in [-0.3, -0.25) is 0 Å². The minimum absolute atomic E-state index is 0.00200. The molecule has 7 unspecified atom stereocenters. The first-order chi connectivity index (χ1) is 17.7. The number of epoxide rings is 1. The van der Waals surface area contributed by atoms with E-state index in [1.165, 1.54) is 32.1 Å². The molecule has 3 N–H and O–H groups in total. The van der Waals surface area contributed by atoms with Crippen molar-refractivity contribution >= 4 is 0 Å². The Morgan fingerprint density at radius 2 is 1.27 bits per heavy atom. The van der Waals surface area contributed by atoms with E-state index < -0.39 is 24.0 Å². The number of hydrogen-bond donors (Lipinski definition) is 3. The summed E-state index contributed by atoms with van der Waals surface area (Å²) in [6, 6.07) is 0. The second kappa shape index (κ2) is 10.6. The summed E-state index contributed by atoms with van der Waals surface area (Å²) in [6.45, 7) is 1.85. The number of halogens is 3. The number of nitrogens with one attached hydrogen (secondary N) is 1. The minimum atomic E-state index is -4.03. The van der Waals surface area contributed by atoms with Gasteiger partial charge in [0.05, 0.1) is 11.5 Å². The maximum atomic E-state index is 13.2. The van der Waals surface area contributed by atoms with Gasteiger partial charge in [-0.1, -0.05) is 0 Å². The van der Waals surface area contributed by atoms with Gasteiger partial charge in [-0.05, 0) is 157 Å². The van der Waals surface area contributed by atoms with E-state index in [4.69, 9.17) is 4.74 Å². The average Bonchev–Trinajstić information content (AvgIpc) is 3.64. The van der Waals surface area contributed by atoms with E-state index in [0.717, 1.165) is 70.4 Å². The van der Waals surface area contributed by atoms with Crippen molar-refractivity contribution in [3.05, 3.63) is 0 Å². The normalized spacial score (nSPS) is 48.7. The van der Waals surface area contributed by atoms with Gasteiger partial charge in [-0.2, -0.15) is 13.2 Å². The fourth-order valence-corrected chi connectivity index (χ4v) is 10.1. The Kier molecular flexibility index (Phi) is 7.65. The molecule has 0 aromatic heterocycles. The summed E-state index contributed by atoms with van der Waals surface area (Å²) in [6.07, 6.45) is 9.81. The fraction of sp³-hybridized carbons (Fsp3) is 1.00. The number of fused-ring (bicyclic) bond motifs is 1. The van der Waals surface area contributed by atoms with E-state index in [1.54, 1.807) is 0 Å². The minimum Gasteiger partial charge on any atom is -0.390 e. The molecule has 6 aliphatic rings. The Morgan fingerprint density at radius 1 is 0.676 bits per heavy atom. The molecule has 7 heteroatoms. The van der Waals surface area contributed by atoms with Crippen molar-refractivity contribution in [3.63, 3.8) is 0 Å². The number of rotatable bonds is 4. The van der Waals surface area contributed by atoms with Crippen LogP contribution >= 0.6 is 0 Å². The molecule has 4 nitrogen and oxygen atoms in total. The second-order valence-electron chi connectivity index (χ2n) is 14.0. The van der Waals surface area contributed by atoms with Crippen LogP contribution in [0.1, 0.15) is 96.3 Å². The third-order valence-electron chi connectivity index (χ3n) is 12.3. The van der Waals surface area contributed by atoms with Crippen LogP contribution in [0, 0.1) is 53.3 Å². The molecule has 0 bridgehead atoms. The smallest absolute Gasteiger partial charge is 0.390 e. The topological polar surface area (TPSA) is 65.0 Å². The van der Waals surface area contributed by atoms with Crippen molar-refractivity contribution in [3.8, 4) is 0 Å². The van der Waals surface area contributed by atoms with Crippen LogP contribution in [0.5, 0.6) is 0 Å². The number of piperidine rings is 1. The molecule has 2 saturated heterocycles. The molecule has 0 radical (unpaired) electrons. The quantitative estimate of drug-likeness (QED) is 0.390. The maximum Gasteiger partial charge on any atom is 0.391 e. The second-order valence-corrected chi connectivity index (χ2v) is 14.0. The molecule has 0 aromatic rings. The van der Waals surface area contributed by atoms with E-state index in [1.807, 2.05) is 0 Å². The lowest BCUT2D eigenvalue weighted by Crippen LogP contribution is -2.49. The highest BCUT2D eigenvalue weighted by molar-refractivity contribution is 5.01. The maximum absolute atomic E-state index is 13.2. The van der Waals surface area contributed by atoms with Gasteiger partial charge in [-0.25, -0.2) is 0 Å². The van der Waals surface area contributed by atoms with Crippen LogP contribution in [-0.4, -0.2) is 47.5 Å². The first kappa shape index (κ1) is 26.8. The van der Waals surface area contributed by atoms with Crippen LogP contribution in [0.3, 0.4) is 0 Å². The van der Waals surface area contributed by atoms with Gasteiger partial charge in [0.25, 0.3) is 0 Å². The van der Waals surface area contributed by atoms with Crippen molar-refractivity contribution < 1.29 is 28.1 Å². The SMILES string of the molecule is OC1OC1C1CC2CC(C3CCC(C(F)(F)F)CC3)CCC2C(C2CCC(C3(O)CCNCC3)CC2)C1. The molecule has 0 aromatic carbocycles. The first-order valence-corrected chi connectivity index (χ1v) is 15.5. The van der Waals surface area contributed by atoms with Crippen molar-refractivity contribution in [2.24, 2.45) is 53.3 Å². The van der Waals surface area contributed by atoms with Gasteiger partial charge in [-0.15, -0.1) is 0 Å². The van der Waals surface area contributed by atoms with Gasteiger partial charge in [0.1, 0.15) is 6.10 Å². The zero-order chi connectivity index (χ0) is 25.8. The molecule has 4 saturated carbocycles. The number of aliphatic hydroxyl groups excluding tert-OH is 1. The van der Waals surface area contributed by atoms with Gasteiger partial charge in [0.2, 0.25) is 0 Å². The Morgan fingerprint density at radius 3 is 1.89 bits per heavy atom. The highest BCUT2D eigenvalue weighted by Gasteiger charge is 2.53. The van der Waals surface area contributed by atoms with Crippen LogP contribution in [0.4, 0.5) is 13.2 Å². The molecule has 2 heterocycles. The van der Waals surface area contributed by atoms with E-state index in [-0.39, 0.29) is 6.10 Å². The average molecular weight is 528 g/mol. The standard InChI is InChI=1S/C30H48F3NO3/c31-30(32,33)24-8-1-18(2-9-24)20-5-10-25-21(15-20)16-22(27-28(35)37-27)17-26(25)19-3-6-23(7-4-19)29(36)11-13-34-14-12-29/h18-28,34-36H,1-17H2. The first-order valence-electron chi connectivity index (χ1n) is 15.5. The third-order valence-corrected chi connectivity index (χ3v) is 12.3. The highest BCUT2D eigenvalue weighted by atomic mass is 19.4. The van der Waals surface area contributed by atoms with Crippen molar-refractivity contribution in [2.45, 2.75) is 120 Å². The van der Waals surface area contributed by atoms with Crippen LogP contribution < -0.4 is 5.32 Å². The lowest BCUT2D eigenvalue weighted by atomic mass is 9.53. The van der Waals surface area contributed by atoms with Crippen LogP contribution in [0.2, 0.25) is 0 Å². The summed E-state index contributed by atoms with van der Waals surface area (Å²) in [4.78, 5) is 0. The molecule has 0 amide bonds. The highest BCUT2D eigenvalue weighted by Crippen LogP contribution is 2.57. The number of hydrogen-bond acceptors (Lipinski definition) is 4. The van der Waals surface area contributed by atoms with Gasteiger partial charge in [0, 0.05) is 0 Å². The van der Waals surface area contributed by atoms with Crippen molar-refractivity contribution in [1.82, 2.24) is 5.32 Å². The van der Waals surface area contributed by atoms with E-state index in [9.17, 15) is 23.4 Å². The molecule has 37 heavy (non-hydrogen) atoms. The molecule has 2 aliphatic heterocycles. The number of aliphatic hydroxyl groups is 2. The molecule has 6 rings (SSSR count). The lowest BCUT2D eigenvalue weighted by molar-refractivity contribution is -0.185. The van der Waals surface area contributed by atoms with Crippen molar-refractivity contribution in [2.75, 3.05) is 13.1 Å². The fourth-order valence-electron chi connectivity index (χ4n) is 10.1. The zero-order valence-corrected chi connectivity index (χ0v) is 22.3. The van der Waals surface area contributed by atoms with Gasteiger partial charge >= 0.3 is 6.18 Å². The summed E-state index contributed by atoms with van der Waals surface area (Å²) < 4.78 is 45.2. The van der Waals surface area contributed by atoms with E-state index >= 15 is 0 Å². The summed E-state index contributed by atoms with van der Waals surface area (Å²) in [5, 5.41) is 24.8. The van der Waals surface area contributed by atoms with Gasteiger partial charge < -0.3 is 20.3 Å². The van der Waals surface area contributed by atoms with Gasteiger partial charge in [0.15, 0.2) is 6.29 Å². The van der Waals surface area contributed by atoms with E-state index in [2.05, 4.69) is 5.32 Å². The summed E-state index contributed by atoms with van der Waals surface area (Å²) >= 11 is 0. The summed E-state index contributed by atoms with van der Waals surface area (Å²) in [5.74, 6) is 3.52. The largest absolute Gasteiger partial charge is 0.391 e. The summed E-state index contributed by atoms with van der Waals surface area (Å²) in [7, 11) is 0. The molecular weight excluding hydrogens is 479 g/mol.